The van der Waals surface area contributed by atoms with E-state index in [1.54, 1.807) is 21.3 Å². The summed E-state index contributed by atoms with van der Waals surface area (Å²) < 4.78 is 27.3. The number of nitrogens with zero attached hydrogens (tertiary/aromatic N) is 2. The number of methoxy groups -OCH3 is 3. The predicted molar refractivity (Wildman–Crippen MR) is 109 cm³/mol. The van der Waals surface area contributed by atoms with Gasteiger partial charge < -0.3 is 23.7 Å². The first kappa shape index (κ1) is 19.7. The van der Waals surface area contributed by atoms with E-state index in [0.29, 0.717) is 5.75 Å². The van der Waals surface area contributed by atoms with Gasteiger partial charge in [-0.3, -0.25) is 9.80 Å². The van der Waals surface area contributed by atoms with Crippen LogP contribution in [0.3, 0.4) is 0 Å². The summed E-state index contributed by atoms with van der Waals surface area (Å²) in [6.07, 6.45) is 0. The number of benzene rings is 2. The number of hydrogen-bond acceptors (Lipinski definition) is 7. The van der Waals surface area contributed by atoms with Gasteiger partial charge in [-0.05, 0) is 23.8 Å². The van der Waals surface area contributed by atoms with E-state index in [4.69, 9.17) is 23.7 Å². The van der Waals surface area contributed by atoms with Crippen molar-refractivity contribution in [1.29, 1.82) is 0 Å². The van der Waals surface area contributed by atoms with Crippen molar-refractivity contribution in [1.82, 2.24) is 9.80 Å². The molecule has 0 spiro atoms. The van der Waals surface area contributed by atoms with Crippen LogP contribution in [-0.2, 0) is 13.1 Å². The number of rotatable bonds is 7. The maximum Gasteiger partial charge on any atom is 0.231 e. The molecule has 4 rings (SSSR count). The maximum atomic E-state index is 5.54. The minimum atomic E-state index is 0.253. The summed E-state index contributed by atoms with van der Waals surface area (Å²) >= 11 is 0. The Labute approximate surface area is 171 Å². The lowest BCUT2D eigenvalue weighted by Crippen LogP contribution is -2.45. The smallest absolute Gasteiger partial charge is 0.231 e. The lowest BCUT2D eigenvalue weighted by Gasteiger charge is -2.35. The number of ether oxygens (including phenoxy) is 5. The van der Waals surface area contributed by atoms with Crippen molar-refractivity contribution in [2.75, 3.05) is 54.3 Å². The van der Waals surface area contributed by atoms with Gasteiger partial charge in [0.05, 0.1) is 21.3 Å². The quantitative estimate of drug-likeness (QED) is 0.708. The van der Waals surface area contributed by atoms with Gasteiger partial charge in [0.2, 0.25) is 12.5 Å². The third-order valence-corrected chi connectivity index (χ3v) is 5.48. The van der Waals surface area contributed by atoms with E-state index < -0.39 is 0 Å². The molecule has 0 aliphatic carbocycles. The molecule has 7 nitrogen and oxygen atoms in total. The van der Waals surface area contributed by atoms with E-state index in [9.17, 15) is 0 Å². The monoisotopic (exact) mass is 400 g/mol. The van der Waals surface area contributed by atoms with Gasteiger partial charge in [-0.25, -0.2) is 0 Å². The van der Waals surface area contributed by atoms with E-state index in [1.807, 2.05) is 18.2 Å². The fraction of sp³-hybridized carbons (Fsp3) is 0.455. The van der Waals surface area contributed by atoms with Gasteiger partial charge in [-0.2, -0.15) is 0 Å². The molecule has 0 atom stereocenters. The first-order valence-electron chi connectivity index (χ1n) is 9.82. The molecule has 0 aromatic heterocycles. The highest BCUT2D eigenvalue weighted by molar-refractivity contribution is 5.55. The molecule has 1 fully saturated rings. The zero-order valence-corrected chi connectivity index (χ0v) is 17.3. The summed E-state index contributed by atoms with van der Waals surface area (Å²) in [6.45, 7) is 6.03. The van der Waals surface area contributed by atoms with Gasteiger partial charge in [0.15, 0.2) is 11.5 Å². The Morgan fingerprint density at radius 1 is 0.793 bits per heavy atom. The standard InChI is InChI=1S/C22H28N2O5/c1-25-18-5-4-17(19(12-18)26-2)14-24-8-6-23(7-9-24)13-16-10-20(27-3)22-21(11-16)28-15-29-22/h4-5,10-12H,6-9,13-15H2,1-3H3. The summed E-state index contributed by atoms with van der Waals surface area (Å²) in [6, 6.07) is 10.1. The second-order valence-corrected chi connectivity index (χ2v) is 7.26. The van der Waals surface area contributed by atoms with Crippen LogP contribution in [0.4, 0.5) is 0 Å². The van der Waals surface area contributed by atoms with E-state index in [2.05, 4.69) is 21.9 Å². The SMILES string of the molecule is COc1ccc(CN2CCN(Cc3cc(OC)c4c(c3)OCO4)CC2)c(OC)c1. The molecule has 29 heavy (non-hydrogen) atoms. The van der Waals surface area contributed by atoms with Gasteiger partial charge >= 0.3 is 0 Å². The average molecular weight is 400 g/mol. The summed E-state index contributed by atoms with van der Waals surface area (Å²) in [5, 5.41) is 0. The Hall–Kier alpha value is -2.64. The third-order valence-electron chi connectivity index (χ3n) is 5.48. The van der Waals surface area contributed by atoms with E-state index in [-0.39, 0.29) is 6.79 Å². The molecule has 2 heterocycles. The first-order chi connectivity index (χ1) is 14.2. The molecule has 0 saturated carbocycles. The summed E-state index contributed by atoms with van der Waals surface area (Å²) in [5.41, 5.74) is 2.36. The molecule has 2 aliphatic heterocycles. The van der Waals surface area contributed by atoms with Crippen molar-refractivity contribution in [2.24, 2.45) is 0 Å². The molecule has 1 saturated heterocycles. The van der Waals surface area contributed by atoms with Crippen LogP contribution in [0.2, 0.25) is 0 Å². The molecule has 156 valence electrons. The maximum absolute atomic E-state index is 5.54. The zero-order chi connectivity index (χ0) is 20.2. The van der Waals surface area contributed by atoms with Crippen LogP contribution in [-0.4, -0.2) is 64.1 Å². The summed E-state index contributed by atoms with van der Waals surface area (Å²) in [5.74, 6) is 3.90. The highest BCUT2D eigenvalue weighted by Gasteiger charge is 2.23. The molecule has 0 unspecified atom stereocenters. The molecule has 7 heteroatoms. The van der Waals surface area contributed by atoms with Crippen LogP contribution >= 0.6 is 0 Å². The Balaban J connectivity index is 1.34. The Bertz CT molecular complexity index is 849. The van der Waals surface area contributed by atoms with Crippen LogP contribution in [0.15, 0.2) is 30.3 Å². The number of piperazine rings is 1. The van der Waals surface area contributed by atoms with Crippen molar-refractivity contribution in [3.05, 3.63) is 41.5 Å². The van der Waals surface area contributed by atoms with E-state index >= 15 is 0 Å². The normalized spacial score (nSPS) is 16.7. The van der Waals surface area contributed by atoms with Crippen LogP contribution < -0.4 is 23.7 Å². The molecule has 0 radical (unpaired) electrons. The predicted octanol–water partition coefficient (Wildman–Crippen LogP) is 2.76. The van der Waals surface area contributed by atoms with Crippen molar-refractivity contribution >= 4 is 0 Å². The second kappa shape index (κ2) is 8.80. The third kappa shape index (κ3) is 4.36. The largest absolute Gasteiger partial charge is 0.497 e. The van der Waals surface area contributed by atoms with Crippen LogP contribution in [0.1, 0.15) is 11.1 Å². The minimum Gasteiger partial charge on any atom is -0.497 e. The zero-order valence-electron chi connectivity index (χ0n) is 17.3. The lowest BCUT2D eigenvalue weighted by atomic mass is 10.1. The van der Waals surface area contributed by atoms with Crippen molar-refractivity contribution in [3.63, 3.8) is 0 Å². The van der Waals surface area contributed by atoms with Gasteiger partial charge in [-0.15, -0.1) is 0 Å². The molecule has 0 N–H and O–H groups in total. The Morgan fingerprint density at radius 2 is 1.52 bits per heavy atom. The Kier molecular flexibility index (Phi) is 5.97. The molecule has 2 aromatic rings. The molecule has 2 aromatic carbocycles. The molecule has 0 amide bonds. The van der Waals surface area contributed by atoms with E-state index in [1.165, 1.54) is 11.1 Å². The minimum absolute atomic E-state index is 0.253. The van der Waals surface area contributed by atoms with Crippen molar-refractivity contribution in [2.45, 2.75) is 13.1 Å². The fourth-order valence-corrected chi connectivity index (χ4v) is 3.86. The van der Waals surface area contributed by atoms with Crippen LogP contribution in [0.25, 0.3) is 0 Å². The summed E-state index contributed by atoms with van der Waals surface area (Å²) in [7, 11) is 5.03. The molecular formula is C22H28N2O5. The second-order valence-electron chi connectivity index (χ2n) is 7.26. The summed E-state index contributed by atoms with van der Waals surface area (Å²) in [4.78, 5) is 4.92. The van der Waals surface area contributed by atoms with Crippen molar-refractivity contribution < 1.29 is 23.7 Å². The molecule has 0 bridgehead atoms. The molecular weight excluding hydrogens is 372 g/mol. The Morgan fingerprint density at radius 3 is 2.21 bits per heavy atom. The highest BCUT2D eigenvalue weighted by Crippen LogP contribution is 2.42. The van der Waals surface area contributed by atoms with Gasteiger partial charge in [0.25, 0.3) is 0 Å². The highest BCUT2D eigenvalue weighted by atomic mass is 16.7. The van der Waals surface area contributed by atoms with Gasteiger partial charge in [0, 0.05) is 50.9 Å². The lowest BCUT2D eigenvalue weighted by molar-refractivity contribution is 0.121. The van der Waals surface area contributed by atoms with Crippen LogP contribution in [0.5, 0.6) is 28.7 Å². The topological polar surface area (TPSA) is 52.6 Å². The van der Waals surface area contributed by atoms with Crippen LogP contribution in [0, 0.1) is 0 Å². The first-order valence-corrected chi connectivity index (χ1v) is 9.82. The molecule has 2 aliphatic rings. The fourth-order valence-electron chi connectivity index (χ4n) is 3.86. The van der Waals surface area contributed by atoms with E-state index in [0.717, 1.165) is 62.3 Å². The van der Waals surface area contributed by atoms with Gasteiger partial charge in [0.1, 0.15) is 11.5 Å². The number of fused-ring (bicyclic) bond motifs is 1. The van der Waals surface area contributed by atoms with Gasteiger partial charge in [-0.1, -0.05) is 6.07 Å². The van der Waals surface area contributed by atoms with Crippen molar-refractivity contribution in [3.8, 4) is 28.7 Å². The number of hydrogen-bond donors (Lipinski definition) is 0. The average Bonchev–Trinajstić information content (AvgIpc) is 3.23.